The Balaban J connectivity index is 2.65. The Morgan fingerprint density at radius 2 is 2.27 bits per heavy atom. The molecule has 4 heteroatoms. The lowest BCUT2D eigenvalue weighted by molar-refractivity contribution is 0.0952. The second-order valence-electron chi connectivity index (χ2n) is 3.23. The van der Waals surface area contributed by atoms with Crippen molar-refractivity contribution in [1.29, 1.82) is 0 Å². The molecular weight excluding hydrogens is 261 g/mol. The van der Waals surface area contributed by atoms with Gasteiger partial charge in [-0.3, -0.25) is 4.79 Å². The fourth-order valence-corrected chi connectivity index (χ4v) is 1.68. The van der Waals surface area contributed by atoms with Crippen LogP contribution in [0.4, 0.5) is 4.39 Å². The first kappa shape index (κ1) is 12.2. The fourth-order valence-electron chi connectivity index (χ4n) is 1.15. The summed E-state index contributed by atoms with van der Waals surface area (Å²) in [5, 5.41) is 2.77. The van der Waals surface area contributed by atoms with Gasteiger partial charge in [0.2, 0.25) is 0 Å². The van der Waals surface area contributed by atoms with Crippen LogP contribution in [0.1, 0.15) is 30.1 Å². The van der Waals surface area contributed by atoms with Crippen LogP contribution in [0.3, 0.4) is 0 Å². The van der Waals surface area contributed by atoms with E-state index < -0.39 is 0 Å². The zero-order chi connectivity index (χ0) is 11.3. The third kappa shape index (κ3) is 3.63. The van der Waals surface area contributed by atoms with Crippen molar-refractivity contribution < 1.29 is 9.18 Å². The molecule has 0 aliphatic carbocycles. The van der Waals surface area contributed by atoms with Gasteiger partial charge in [-0.1, -0.05) is 13.3 Å². The zero-order valence-corrected chi connectivity index (χ0v) is 10.1. The van der Waals surface area contributed by atoms with Gasteiger partial charge in [-0.2, -0.15) is 0 Å². The molecule has 0 saturated heterocycles. The number of amides is 1. The predicted molar refractivity (Wildman–Crippen MR) is 61.3 cm³/mol. The lowest BCUT2D eigenvalue weighted by Gasteiger charge is -2.05. The second kappa shape index (κ2) is 5.85. The third-order valence-corrected chi connectivity index (χ3v) is 2.65. The number of halogens is 2. The summed E-state index contributed by atoms with van der Waals surface area (Å²) in [6, 6.07) is 4.04. The highest BCUT2D eigenvalue weighted by atomic mass is 79.9. The molecule has 0 heterocycles. The molecule has 0 unspecified atom stereocenters. The van der Waals surface area contributed by atoms with Crippen LogP contribution in [0.5, 0.6) is 0 Å². The minimum absolute atomic E-state index is 0.171. The Bertz CT molecular complexity index is 354. The smallest absolute Gasteiger partial charge is 0.252 e. The fraction of sp³-hybridized carbons (Fsp3) is 0.364. The largest absolute Gasteiger partial charge is 0.352 e. The highest BCUT2D eigenvalue weighted by Crippen LogP contribution is 2.17. The van der Waals surface area contributed by atoms with Crippen LogP contribution in [-0.4, -0.2) is 12.5 Å². The van der Waals surface area contributed by atoms with Crippen LogP contribution in [0, 0.1) is 5.82 Å². The normalized spacial score (nSPS) is 10.1. The van der Waals surface area contributed by atoms with Gasteiger partial charge in [0.15, 0.2) is 0 Å². The first-order valence-electron chi connectivity index (χ1n) is 4.88. The van der Waals surface area contributed by atoms with Crippen LogP contribution in [0.15, 0.2) is 22.7 Å². The summed E-state index contributed by atoms with van der Waals surface area (Å²) >= 11 is 3.16. The molecule has 0 aliphatic rings. The second-order valence-corrected chi connectivity index (χ2v) is 4.09. The van der Waals surface area contributed by atoms with E-state index in [-0.39, 0.29) is 11.7 Å². The number of benzene rings is 1. The topological polar surface area (TPSA) is 29.1 Å². The molecule has 0 atom stereocenters. The Kier molecular flexibility index (Phi) is 4.75. The average molecular weight is 274 g/mol. The van der Waals surface area contributed by atoms with Crippen LogP contribution < -0.4 is 5.32 Å². The van der Waals surface area contributed by atoms with Gasteiger partial charge in [-0.05, 0) is 40.5 Å². The van der Waals surface area contributed by atoms with E-state index in [0.29, 0.717) is 16.6 Å². The molecule has 1 aromatic rings. The first-order valence-corrected chi connectivity index (χ1v) is 5.67. The molecule has 1 rings (SSSR count). The highest BCUT2D eigenvalue weighted by molar-refractivity contribution is 9.10. The van der Waals surface area contributed by atoms with E-state index in [9.17, 15) is 9.18 Å². The highest BCUT2D eigenvalue weighted by Gasteiger charge is 2.09. The van der Waals surface area contributed by atoms with Crippen molar-refractivity contribution >= 4 is 21.8 Å². The van der Waals surface area contributed by atoms with Crippen LogP contribution >= 0.6 is 15.9 Å². The average Bonchev–Trinajstić information content (AvgIpc) is 2.17. The van der Waals surface area contributed by atoms with Crippen molar-refractivity contribution in [1.82, 2.24) is 5.32 Å². The van der Waals surface area contributed by atoms with E-state index >= 15 is 0 Å². The SMILES string of the molecule is CCCCNC(=O)c1ccc(F)cc1Br. The molecule has 15 heavy (non-hydrogen) atoms. The van der Waals surface area contributed by atoms with Crippen LogP contribution in [-0.2, 0) is 0 Å². The standard InChI is InChI=1S/C11H13BrFNO/c1-2-3-6-14-11(15)9-5-4-8(13)7-10(9)12/h4-5,7H,2-3,6H2,1H3,(H,14,15). The molecule has 0 aliphatic heterocycles. The van der Waals surface area contributed by atoms with E-state index in [1.165, 1.54) is 18.2 Å². The number of nitrogens with one attached hydrogen (secondary N) is 1. The Morgan fingerprint density at radius 1 is 1.53 bits per heavy atom. The summed E-state index contributed by atoms with van der Waals surface area (Å²) in [6.45, 7) is 2.71. The van der Waals surface area contributed by atoms with E-state index in [4.69, 9.17) is 0 Å². The van der Waals surface area contributed by atoms with Gasteiger partial charge in [-0.25, -0.2) is 4.39 Å². The van der Waals surface area contributed by atoms with Crippen LogP contribution in [0.25, 0.3) is 0 Å². The summed E-state index contributed by atoms with van der Waals surface area (Å²) in [4.78, 5) is 11.6. The number of hydrogen-bond donors (Lipinski definition) is 1. The Morgan fingerprint density at radius 3 is 2.87 bits per heavy atom. The molecular formula is C11H13BrFNO. The molecule has 1 aromatic carbocycles. The summed E-state index contributed by atoms with van der Waals surface area (Å²) in [5.41, 5.74) is 0.465. The van der Waals surface area contributed by atoms with Crippen molar-refractivity contribution in [2.75, 3.05) is 6.54 Å². The molecule has 1 amide bonds. The Labute approximate surface area is 97.0 Å². The number of unbranched alkanes of at least 4 members (excludes halogenated alkanes) is 1. The summed E-state index contributed by atoms with van der Waals surface area (Å²) in [6.07, 6.45) is 1.98. The predicted octanol–water partition coefficient (Wildman–Crippen LogP) is 3.12. The maximum Gasteiger partial charge on any atom is 0.252 e. The summed E-state index contributed by atoms with van der Waals surface area (Å²) < 4.78 is 13.2. The van der Waals surface area contributed by atoms with Gasteiger partial charge in [-0.15, -0.1) is 0 Å². The molecule has 0 bridgehead atoms. The number of carbonyl (C=O) groups is 1. The van der Waals surface area contributed by atoms with E-state index in [1.54, 1.807) is 0 Å². The summed E-state index contributed by atoms with van der Waals surface area (Å²) in [7, 11) is 0. The van der Waals surface area contributed by atoms with E-state index in [1.807, 2.05) is 0 Å². The molecule has 0 saturated carbocycles. The van der Waals surface area contributed by atoms with Crippen molar-refractivity contribution in [3.05, 3.63) is 34.1 Å². The molecule has 0 aromatic heterocycles. The molecule has 0 spiro atoms. The van der Waals surface area contributed by atoms with E-state index in [0.717, 1.165) is 12.8 Å². The van der Waals surface area contributed by atoms with Gasteiger partial charge in [0.05, 0.1) is 5.56 Å². The summed E-state index contributed by atoms with van der Waals surface area (Å²) in [5.74, 6) is -0.526. The van der Waals surface area contributed by atoms with Crippen molar-refractivity contribution in [2.45, 2.75) is 19.8 Å². The monoisotopic (exact) mass is 273 g/mol. The number of carbonyl (C=O) groups excluding carboxylic acids is 1. The molecule has 2 nitrogen and oxygen atoms in total. The lowest BCUT2D eigenvalue weighted by Crippen LogP contribution is -2.24. The lowest BCUT2D eigenvalue weighted by atomic mass is 10.2. The molecule has 82 valence electrons. The zero-order valence-electron chi connectivity index (χ0n) is 8.52. The van der Waals surface area contributed by atoms with E-state index in [2.05, 4.69) is 28.2 Å². The van der Waals surface area contributed by atoms with Gasteiger partial charge >= 0.3 is 0 Å². The minimum atomic E-state index is -0.355. The quantitative estimate of drug-likeness (QED) is 0.840. The number of rotatable bonds is 4. The first-order chi connectivity index (χ1) is 7.15. The van der Waals surface area contributed by atoms with Gasteiger partial charge in [0, 0.05) is 11.0 Å². The third-order valence-electron chi connectivity index (χ3n) is 1.99. The van der Waals surface area contributed by atoms with Crippen LogP contribution in [0.2, 0.25) is 0 Å². The van der Waals surface area contributed by atoms with Gasteiger partial charge in [0.25, 0.3) is 5.91 Å². The van der Waals surface area contributed by atoms with Crippen molar-refractivity contribution in [2.24, 2.45) is 0 Å². The molecule has 0 fully saturated rings. The van der Waals surface area contributed by atoms with Gasteiger partial charge in [0.1, 0.15) is 5.82 Å². The van der Waals surface area contributed by atoms with Gasteiger partial charge < -0.3 is 5.32 Å². The Hall–Kier alpha value is -0.900. The van der Waals surface area contributed by atoms with Crippen molar-refractivity contribution in [3.63, 3.8) is 0 Å². The number of hydrogen-bond acceptors (Lipinski definition) is 1. The maximum atomic E-state index is 12.8. The molecule has 0 radical (unpaired) electrons. The minimum Gasteiger partial charge on any atom is -0.352 e. The maximum absolute atomic E-state index is 12.8. The van der Waals surface area contributed by atoms with Crippen molar-refractivity contribution in [3.8, 4) is 0 Å². The molecule has 1 N–H and O–H groups in total.